The standard InChI is InChI=1S/C32H33N3O6S/c1-4-40-30-23-11-8-14-33-27(23)26-25(29(30)36)28(34-32(26)41-5-2)21-13-12-19(15-18(21)3)17-42(38,39)35-31(37)24-16-20-9-6-7-10-22(20)24/h6-15,24,28,30,32,34H,4-5,16-17H2,1-3H3,(H,35,37). The van der Waals surface area contributed by atoms with Crippen molar-refractivity contribution in [2.75, 3.05) is 13.2 Å². The molecule has 10 heteroatoms. The Morgan fingerprint density at radius 1 is 1.00 bits per heavy atom. The summed E-state index contributed by atoms with van der Waals surface area (Å²) in [5, 5.41) is 3.46. The Kier molecular flexibility index (Phi) is 7.57. The fourth-order valence-electron chi connectivity index (χ4n) is 6.28. The van der Waals surface area contributed by atoms with E-state index in [4.69, 9.17) is 9.47 Å². The number of nitrogens with one attached hydrogen (secondary N) is 2. The van der Waals surface area contributed by atoms with Gasteiger partial charge in [-0.05, 0) is 61.1 Å². The average Bonchev–Trinajstić information content (AvgIpc) is 3.30. The summed E-state index contributed by atoms with van der Waals surface area (Å²) in [6.45, 7) is 6.42. The van der Waals surface area contributed by atoms with Gasteiger partial charge in [-0.2, -0.15) is 0 Å². The fourth-order valence-corrected chi connectivity index (χ4v) is 7.42. The molecule has 1 aliphatic heterocycles. The summed E-state index contributed by atoms with van der Waals surface area (Å²) in [7, 11) is -3.92. The molecular weight excluding hydrogens is 554 g/mol. The second-order valence-corrected chi connectivity index (χ2v) is 12.5. The van der Waals surface area contributed by atoms with Crippen LogP contribution in [0.1, 0.15) is 71.0 Å². The summed E-state index contributed by atoms with van der Waals surface area (Å²) in [6, 6.07) is 16.1. The molecule has 42 heavy (non-hydrogen) atoms. The van der Waals surface area contributed by atoms with Gasteiger partial charge in [-0.15, -0.1) is 0 Å². The van der Waals surface area contributed by atoms with Crippen LogP contribution in [0, 0.1) is 6.92 Å². The molecule has 1 amide bonds. The van der Waals surface area contributed by atoms with Crippen LogP contribution in [0.15, 0.2) is 66.4 Å². The highest BCUT2D eigenvalue weighted by molar-refractivity contribution is 7.89. The molecule has 1 aromatic heterocycles. The number of nitrogens with zero attached hydrogens (tertiary/aromatic N) is 1. The molecule has 9 nitrogen and oxygen atoms in total. The molecule has 2 N–H and O–H groups in total. The van der Waals surface area contributed by atoms with Gasteiger partial charge in [0.05, 0.1) is 23.4 Å². The van der Waals surface area contributed by atoms with Gasteiger partial charge >= 0.3 is 0 Å². The number of carbonyl (C=O) groups excluding carboxylic acids is 2. The third-order valence-corrected chi connectivity index (χ3v) is 9.36. The first kappa shape index (κ1) is 28.4. The van der Waals surface area contributed by atoms with Crippen molar-refractivity contribution in [2.45, 2.75) is 57.2 Å². The second-order valence-electron chi connectivity index (χ2n) is 10.8. The summed E-state index contributed by atoms with van der Waals surface area (Å²) in [5.74, 6) is -1.45. The number of ether oxygens (including phenoxy) is 2. The van der Waals surface area contributed by atoms with Crippen molar-refractivity contribution in [3.63, 3.8) is 0 Å². The van der Waals surface area contributed by atoms with Crippen molar-refractivity contribution in [2.24, 2.45) is 0 Å². The minimum absolute atomic E-state index is 0.140. The predicted molar refractivity (Wildman–Crippen MR) is 157 cm³/mol. The van der Waals surface area contributed by atoms with E-state index in [1.165, 1.54) is 0 Å². The Bertz CT molecular complexity index is 1720. The number of Topliss-reactive ketones (excluding diaryl/α,β-unsaturated/α-hetero) is 1. The highest BCUT2D eigenvalue weighted by atomic mass is 32.2. The maximum absolute atomic E-state index is 13.9. The lowest BCUT2D eigenvalue weighted by Crippen LogP contribution is -2.39. The van der Waals surface area contributed by atoms with Gasteiger partial charge in [-0.3, -0.25) is 24.6 Å². The van der Waals surface area contributed by atoms with E-state index in [1.54, 1.807) is 24.4 Å². The van der Waals surface area contributed by atoms with Gasteiger partial charge in [0, 0.05) is 36.1 Å². The Balaban J connectivity index is 1.26. The molecule has 0 fully saturated rings. The monoisotopic (exact) mass is 587 g/mol. The molecule has 0 radical (unpaired) electrons. The van der Waals surface area contributed by atoms with E-state index in [0.29, 0.717) is 42.0 Å². The van der Waals surface area contributed by atoms with E-state index in [2.05, 4.69) is 15.0 Å². The third-order valence-electron chi connectivity index (χ3n) is 8.13. The van der Waals surface area contributed by atoms with Crippen molar-refractivity contribution >= 4 is 27.3 Å². The van der Waals surface area contributed by atoms with Crippen LogP contribution in [0.25, 0.3) is 5.57 Å². The van der Waals surface area contributed by atoms with E-state index in [9.17, 15) is 18.0 Å². The molecule has 4 unspecified atom stereocenters. The maximum Gasteiger partial charge on any atom is 0.241 e. The van der Waals surface area contributed by atoms with Crippen LogP contribution < -0.4 is 10.0 Å². The van der Waals surface area contributed by atoms with Crippen LogP contribution in [-0.2, 0) is 41.3 Å². The van der Waals surface area contributed by atoms with Crippen LogP contribution in [0.5, 0.6) is 0 Å². The number of aromatic nitrogens is 1. The lowest BCUT2D eigenvalue weighted by atomic mass is 9.77. The van der Waals surface area contributed by atoms with Crippen molar-refractivity contribution in [3.8, 4) is 0 Å². The number of pyridine rings is 1. The minimum atomic E-state index is -3.92. The number of aryl methyl sites for hydroxylation is 1. The number of carbonyl (C=O) groups is 2. The summed E-state index contributed by atoms with van der Waals surface area (Å²) in [5.41, 5.74) is 6.77. The summed E-state index contributed by atoms with van der Waals surface area (Å²) < 4.78 is 40.1. The summed E-state index contributed by atoms with van der Waals surface area (Å²) in [4.78, 5) is 31.2. The van der Waals surface area contributed by atoms with E-state index in [0.717, 1.165) is 27.8 Å². The van der Waals surface area contributed by atoms with Crippen LogP contribution in [0.4, 0.5) is 0 Å². The SMILES string of the molecule is CCOC1NC(c2ccc(CS(=O)(=O)NC(=O)C3Cc4ccccc43)cc2C)C2=C1c1ncccc1C(OCC)C2=O. The third kappa shape index (κ3) is 4.98. The van der Waals surface area contributed by atoms with Gasteiger partial charge in [0.15, 0.2) is 5.78 Å². The van der Waals surface area contributed by atoms with E-state index < -0.39 is 40.2 Å². The lowest BCUT2D eigenvalue weighted by Gasteiger charge is -2.28. The molecule has 0 saturated heterocycles. The molecule has 2 aromatic carbocycles. The fraction of sp³-hybridized carbons (Fsp3) is 0.344. The number of hydrogen-bond donors (Lipinski definition) is 2. The predicted octanol–water partition coefficient (Wildman–Crippen LogP) is 3.80. The van der Waals surface area contributed by atoms with E-state index in [1.807, 2.05) is 57.2 Å². The highest BCUT2D eigenvalue weighted by Gasteiger charge is 2.47. The molecule has 3 aliphatic rings. The van der Waals surface area contributed by atoms with Crippen LogP contribution in [0.3, 0.4) is 0 Å². The first-order chi connectivity index (χ1) is 20.2. The van der Waals surface area contributed by atoms with Crippen LogP contribution in [-0.4, -0.2) is 44.5 Å². The van der Waals surface area contributed by atoms with Gasteiger partial charge in [-0.25, -0.2) is 8.42 Å². The minimum Gasteiger partial charge on any atom is -0.366 e. The van der Waals surface area contributed by atoms with Crippen molar-refractivity contribution in [3.05, 3.63) is 105 Å². The molecule has 2 heterocycles. The molecular formula is C32H33N3O6S. The lowest BCUT2D eigenvalue weighted by molar-refractivity contribution is -0.127. The Hall–Kier alpha value is -3.70. The number of fused-ring (bicyclic) bond motifs is 3. The first-order valence-corrected chi connectivity index (χ1v) is 15.8. The second kappa shape index (κ2) is 11.2. The van der Waals surface area contributed by atoms with Gasteiger partial charge in [-0.1, -0.05) is 48.5 Å². The van der Waals surface area contributed by atoms with E-state index >= 15 is 0 Å². The smallest absolute Gasteiger partial charge is 0.241 e. The number of rotatable bonds is 9. The number of hydrogen-bond acceptors (Lipinski definition) is 8. The Morgan fingerprint density at radius 3 is 2.50 bits per heavy atom. The quantitative estimate of drug-likeness (QED) is 0.388. The molecule has 0 saturated carbocycles. The van der Waals surface area contributed by atoms with Crippen LogP contribution >= 0.6 is 0 Å². The molecule has 218 valence electrons. The molecule has 0 bridgehead atoms. The largest absolute Gasteiger partial charge is 0.366 e. The number of ketones is 1. The van der Waals surface area contributed by atoms with Crippen molar-refractivity contribution in [1.29, 1.82) is 0 Å². The first-order valence-electron chi connectivity index (χ1n) is 14.2. The highest BCUT2D eigenvalue weighted by Crippen LogP contribution is 2.47. The topological polar surface area (TPSA) is 124 Å². The number of sulfonamides is 1. The van der Waals surface area contributed by atoms with Gasteiger partial charge in [0.2, 0.25) is 15.9 Å². The Morgan fingerprint density at radius 2 is 1.76 bits per heavy atom. The number of benzene rings is 2. The summed E-state index contributed by atoms with van der Waals surface area (Å²) >= 11 is 0. The summed E-state index contributed by atoms with van der Waals surface area (Å²) in [6.07, 6.45) is 0.921. The van der Waals surface area contributed by atoms with Gasteiger partial charge in [0.1, 0.15) is 12.3 Å². The van der Waals surface area contributed by atoms with Gasteiger partial charge in [0.25, 0.3) is 0 Å². The zero-order valence-corrected chi connectivity index (χ0v) is 24.5. The van der Waals surface area contributed by atoms with Crippen LogP contribution in [0.2, 0.25) is 0 Å². The molecule has 3 aromatic rings. The molecule has 0 spiro atoms. The zero-order chi connectivity index (χ0) is 29.6. The number of amides is 1. The molecule has 6 rings (SSSR count). The van der Waals surface area contributed by atoms with Crippen molar-refractivity contribution in [1.82, 2.24) is 15.0 Å². The molecule has 4 atom stereocenters. The average molecular weight is 588 g/mol. The normalized spacial score (nSPS) is 22.7. The van der Waals surface area contributed by atoms with Crippen molar-refractivity contribution < 1.29 is 27.5 Å². The molecule has 2 aliphatic carbocycles. The van der Waals surface area contributed by atoms with Gasteiger partial charge < -0.3 is 9.47 Å². The zero-order valence-electron chi connectivity index (χ0n) is 23.7. The maximum atomic E-state index is 13.9. The van der Waals surface area contributed by atoms with E-state index in [-0.39, 0.29) is 11.5 Å². The Labute approximate surface area is 245 Å².